The number of aryl methyl sites for hydroxylation is 1. The van der Waals surface area contributed by atoms with Gasteiger partial charge in [-0.1, -0.05) is 5.16 Å². The molecule has 2 rings (SSSR count). The van der Waals surface area contributed by atoms with Crippen molar-refractivity contribution in [2.24, 2.45) is 0 Å². The summed E-state index contributed by atoms with van der Waals surface area (Å²) in [7, 11) is -4.40. The lowest BCUT2D eigenvalue weighted by Gasteiger charge is -2.11. The van der Waals surface area contributed by atoms with E-state index in [1.807, 2.05) is 0 Å². The monoisotopic (exact) mass is 298 g/mol. The number of nitrogens with two attached hydrogens (primary N) is 1. The van der Waals surface area contributed by atoms with E-state index in [9.17, 15) is 18.5 Å². The van der Waals surface area contributed by atoms with Crippen LogP contribution in [0, 0.1) is 17.0 Å². The SMILES string of the molecule is Cc1cc(N([N+](=O)[O-])S(=O)(=O)c2ccc(N)cc2)no1. The molecule has 0 aliphatic rings. The van der Waals surface area contributed by atoms with Crippen LogP contribution in [-0.4, -0.2) is 18.6 Å². The van der Waals surface area contributed by atoms with E-state index in [1.165, 1.54) is 31.2 Å². The summed E-state index contributed by atoms with van der Waals surface area (Å²) in [5.74, 6) is -0.177. The third-order valence-corrected chi connectivity index (χ3v) is 4.01. The van der Waals surface area contributed by atoms with Crippen LogP contribution in [0.15, 0.2) is 39.8 Å². The minimum Gasteiger partial charge on any atom is -0.399 e. The number of rotatable bonds is 4. The van der Waals surface area contributed by atoms with E-state index >= 15 is 0 Å². The molecule has 0 saturated carbocycles. The Morgan fingerprint density at radius 1 is 1.35 bits per heavy atom. The van der Waals surface area contributed by atoms with E-state index in [0.29, 0.717) is 5.69 Å². The van der Waals surface area contributed by atoms with E-state index in [2.05, 4.69) is 9.68 Å². The molecule has 0 aliphatic heterocycles. The standard InChI is InChI=1S/C10H10N4O5S/c1-7-6-10(12-19-7)13(14(15)16)20(17,18)9-4-2-8(11)3-5-9/h2-6H,11H2,1H3. The van der Waals surface area contributed by atoms with Gasteiger partial charge in [-0.25, -0.2) is 10.1 Å². The Morgan fingerprint density at radius 3 is 2.40 bits per heavy atom. The molecule has 9 nitrogen and oxygen atoms in total. The van der Waals surface area contributed by atoms with Gasteiger partial charge in [-0.3, -0.25) is 0 Å². The van der Waals surface area contributed by atoms with E-state index in [0.717, 1.165) is 6.07 Å². The number of nitrogen functional groups attached to an aromatic ring is 1. The Balaban J connectivity index is 2.53. The molecule has 0 spiro atoms. The number of hydrogen-bond acceptors (Lipinski definition) is 7. The first-order valence-corrected chi connectivity index (χ1v) is 6.75. The molecule has 20 heavy (non-hydrogen) atoms. The van der Waals surface area contributed by atoms with E-state index in [-0.39, 0.29) is 15.1 Å². The summed E-state index contributed by atoms with van der Waals surface area (Å²) in [4.78, 5) is 10.8. The highest BCUT2D eigenvalue weighted by atomic mass is 32.2. The quantitative estimate of drug-likeness (QED) is 0.504. The maximum absolute atomic E-state index is 12.3. The van der Waals surface area contributed by atoms with Crippen molar-refractivity contribution in [1.29, 1.82) is 0 Å². The van der Waals surface area contributed by atoms with Gasteiger partial charge < -0.3 is 10.3 Å². The summed E-state index contributed by atoms with van der Waals surface area (Å²) in [6.07, 6.45) is 0. The number of benzene rings is 1. The first-order chi connectivity index (χ1) is 9.32. The molecule has 1 aromatic heterocycles. The van der Waals surface area contributed by atoms with Crippen molar-refractivity contribution in [3.8, 4) is 0 Å². The normalized spacial score (nSPS) is 11.2. The van der Waals surface area contributed by atoms with Crippen molar-refractivity contribution in [1.82, 2.24) is 5.16 Å². The van der Waals surface area contributed by atoms with E-state index in [4.69, 9.17) is 5.73 Å². The van der Waals surface area contributed by atoms with Crippen LogP contribution < -0.4 is 10.1 Å². The zero-order valence-corrected chi connectivity index (χ0v) is 11.1. The van der Waals surface area contributed by atoms with Gasteiger partial charge in [0.15, 0.2) is 5.03 Å². The van der Waals surface area contributed by atoms with Crippen LogP contribution in [-0.2, 0) is 10.0 Å². The fraction of sp³-hybridized carbons (Fsp3) is 0.100. The highest BCUT2D eigenvalue weighted by Gasteiger charge is 2.37. The lowest BCUT2D eigenvalue weighted by atomic mass is 10.3. The molecule has 0 fully saturated rings. The van der Waals surface area contributed by atoms with Gasteiger partial charge in [0, 0.05) is 16.2 Å². The molecule has 2 aromatic rings. The number of anilines is 2. The number of hydrogen-bond donors (Lipinski definition) is 1. The Morgan fingerprint density at radius 2 is 1.95 bits per heavy atom. The van der Waals surface area contributed by atoms with Gasteiger partial charge in [0.2, 0.25) is 0 Å². The topological polar surface area (TPSA) is 133 Å². The van der Waals surface area contributed by atoms with Crippen molar-refractivity contribution in [3.05, 3.63) is 46.2 Å². The van der Waals surface area contributed by atoms with Crippen molar-refractivity contribution >= 4 is 21.5 Å². The minimum atomic E-state index is -4.40. The third kappa shape index (κ3) is 2.40. The fourth-order valence-corrected chi connectivity index (χ4v) is 2.67. The van der Waals surface area contributed by atoms with Crippen LogP contribution in [0.25, 0.3) is 0 Å². The summed E-state index contributed by atoms with van der Waals surface area (Å²) in [6.45, 7) is 1.49. The molecule has 1 heterocycles. The summed E-state index contributed by atoms with van der Waals surface area (Å²) < 4.78 is 29.1. The summed E-state index contributed by atoms with van der Waals surface area (Å²) in [5.41, 5.74) is 5.79. The molecule has 0 atom stereocenters. The van der Waals surface area contributed by atoms with E-state index < -0.39 is 20.9 Å². The van der Waals surface area contributed by atoms with Gasteiger partial charge in [-0.05, 0) is 31.2 Å². The van der Waals surface area contributed by atoms with Crippen LogP contribution in [0.2, 0.25) is 0 Å². The molecule has 10 heteroatoms. The first kappa shape index (κ1) is 13.8. The predicted molar refractivity (Wildman–Crippen MR) is 68.8 cm³/mol. The molecule has 0 amide bonds. The molecule has 2 N–H and O–H groups in total. The number of nitro groups is 1. The second kappa shape index (κ2) is 4.81. The molecule has 0 saturated heterocycles. The third-order valence-electron chi connectivity index (χ3n) is 2.37. The average molecular weight is 298 g/mol. The largest absolute Gasteiger partial charge is 0.399 e. The van der Waals surface area contributed by atoms with Gasteiger partial charge in [0.1, 0.15) is 5.76 Å². The van der Waals surface area contributed by atoms with Gasteiger partial charge in [-0.15, -0.1) is 0 Å². The smallest absolute Gasteiger partial charge is 0.320 e. The summed E-state index contributed by atoms with van der Waals surface area (Å²) in [6, 6.07) is 6.16. The molecular formula is C10H10N4O5S. The highest BCUT2D eigenvalue weighted by Crippen LogP contribution is 2.23. The molecular weight excluding hydrogens is 288 g/mol. The minimum absolute atomic E-state index is 0.0466. The van der Waals surface area contributed by atoms with Gasteiger partial charge >= 0.3 is 10.0 Å². The van der Waals surface area contributed by atoms with E-state index in [1.54, 1.807) is 0 Å². The van der Waals surface area contributed by atoms with Crippen molar-refractivity contribution in [2.75, 3.05) is 10.1 Å². The molecule has 106 valence electrons. The molecule has 1 aromatic carbocycles. The predicted octanol–water partition coefficient (Wildman–Crippen LogP) is 0.952. The Kier molecular flexibility index (Phi) is 3.32. The fourth-order valence-electron chi connectivity index (χ4n) is 1.48. The van der Waals surface area contributed by atoms with Gasteiger partial charge in [0.05, 0.1) is 4.90 Å². The summed E-state index contributed by atoms with van der Waals surface area (Å²) in [5, 5.41) is 13.3. The van der Waals surface area contributed by atoms with Gasteiger partial charge in [-0.2, -0.15) is 8.42 Å². The maximum Gasteiger partial charge on any atom is 0.320 e. The molecule has 0 unspecified atom stereocenters. The maximum atomic E-state index is 12.3. The van der Waals surface area contributed by atoms with Crippen LogP contribution in [0.4, 0.5) is 11.5 Å². The number of sulfonamides is 1. The highest BCUT2D eigenvalue weighted by molar-refractivity contribution is 7.92. The number of nitrogens with zero attached hydrogens (tertiary/aromatic N) is 3. The molecule has 0 aliphatic carbocycles. The zero-order valence-electron chi connectivity index (χ0n) is 10.3. The van der Waals surface area contributed by atoms with Crippen molar-refractivity contribution < 1.29 is 18.0 Å². The Hall–Kier alpha value is -2.62. The Bertz CT molecular complexity index is 737. The summed E-state index contributed by atoms with van der Waals surface area (Å²) >= 11 is 0. The van der Waals surface area contributed by atoms with Crippen LogP contribution >= 0.6 is 0 Å². The second-order valence-corrected chi connectivity index (χ2v) is 5.62. The van der Waals surface area contributed by atoms with Crippen LogP contribution in [0.1, 0.15) is 5.76 Å². The molecule has 0 radical (unpaired) electrons. The number of hydrazine groups is 1. The lowest BCUT2D eigenvalue weighted by Crippen LogP contribution is -2.36. The van der Waals surface area contributed by atoms with Crippen molar-refractivity contribution in [3.63, 3.8) is 0 Å². The van der Waals surface area contributed by atoms with Gasteiger partial charge in [0.25, 0.3) is 5.82 Å². The second-order valence-electron chi connectivity index (χ2n) is 3.85. The van der Waals surface area contributed by atoms with Crippen LogP contribution in [0.5, 0.6) is 0 Å². The molecule has 0 bridgehead atoms. The average Bonchev–Trinajstić information content (AvgIpc) is 2.75. The first-order valence-electron chi connectivity index (χ1n) is 5.31. The Labute approximate surface area is 113 Å². The van der Waals surface area contributed by atoms with Crippen molar-refractivity contribution in [2.45, 2.75) is 11.8 Å². The number of aromatic nitrogens is 1. The lowest BCUT2D eigenvalue weighted by molar-refractivity contribution is -0.475. The zero-order chi connectivity index (χ0) is 14.9. The van der Waals surface area contributed by atoms with Crippen LogP contribution in [0.3, 0.4) is 0 Å².